The van der Waals surface area contributed by atoms with Gasteiger partial charge in [-0.25, -0.2) is 13.7 Å². The molecule has 15 heteroatoms. The monoisotopic (exact) mass is 361 g/mol. The van der Waals surface area contributed by atoms with Crippen LogP contribution >= 0.6 is 23.5 Å². The van der Waals surface area contributed by atoms with Gasteiger partial charge in [0.25, 0.3) is 0 Å². The molecule has 1 aromatic heterocycles. The van der Waals surface area contributed by atoms with E-state index in [4.69, 9.17) is 24.5 Å². The molecule has 0 atom stereocenters. The van der Waals surface area contributed by atoms with Crippen molar-refractivity contribution in [3.63, 3.8) is 0 Å². The van der Waals surface area contributed by atoms with E-state index in [2.05, 4.69) is 13.6 Å². The van der Waals surface area contributed by atoms with Crippen molar-refractivity contribution >= 4 is 53.0 Å². The molecule has 11 nitrogen and oxygen atoms in total. The summed E-state index contributed by atoms with van der Waals surface area (Å²) in [7, 11) is -16.2. The Bertz CT molecular complexity index is 458. The quantitative estimate of drug-likeness (QED) is 0.351. The molecule has 0 amide bonds. The molecule has 1 aromatic rings. The van der Waals surface area contributed by atoms with Crippen molar-refractivity contribution in [2.24, 2.45) is 0 Å². The van der Waals surface area contributed by atoms with E-state index in [-0.39, 0.29) is 29.6 Å². The minimum Gasteiger partial charge on any atom is -0.265 e. The van der Waals surface area contributed by atoms with Crippen LogP contribution in [-0.2, 0) is 22.3 Å². The summed E-state index contributed by atoms with van der Waals surface area (Å²) in [4.78, 5) is 44.0. The molecule has 0 aliphatic heterocycles. The zero-order valence-corrected chi connectivity index (χ0v) is 11.6. The van der Waals surface area contributed by atoms with E-state index in [0.717, 1.165) is 0 Å². The SMILES string of the molecule is O=P(O)(O)OP(=O)(O)OP(=O)(O)O.[NaH].c1ccncc1. The van der Waals surface area contributed by atoms with Crippen molar-refractivity contribution in [2.45, 2.75) is 0 Å². The smallest absolute Gasteiger partial charge is 0.0267 e. The molecule has 0 saturated carbocycles. The number of aromatic nitrogens is 1. The molecule has 0 aliphatic rings. The Morgan fingerprint density at radius 1 is 0.750 bits per heavy atom. The average Bonchev–Trinajstić information content (AvgIpc) is 2.13. The molecule has 1 heterocycles. The minimum absolute atomic E-state index is 0. The van der Waals surface area contributed by atoms with Crippen molar-refractivity contribution in [2.75, 3.05) is 0 Å². The Hall–Kier alpha value is 0.560. The number of phosphoric acid groups is 3. The maximum Gasteiger partial charge on any atom is 0.0267 e. The molecule has 0 bridgehead atoms. The maximum atomic E-state index is 10.4. The van der Waals surface area contributed by atoms with E-state index >= 15 is 0 Å². The maximum absolute atomic E-state index is 10.4. The van der Waals surface area contributed by atoms with E-state index in [1.54, 1.807) is 12.4 Å². The number of nitrogens with zero attached hydrogens (tertiary/aromatic N) is 1. The molecule has 112 valence electrons. The summed E-state index contributed by atoms with van der Waals surface area (Å²) in [5, 5.41) is 0. The third kappa shape index (κ3) is 16.6. The van der Waals surface area contributed by atoms with Gasteiger partial charge in [-0.1, -0.05) is 6.07 Å². The Labute approximate surface area is 135 Å². The van der Waals surface area contributed by atoms with Crippen LogP contribution in [0.15, 0.2) is 30.6 Å². The van der Waals surface area contributed by atoms with Gasteiger partial charge >= 0.3 is 53.0 Å². The van der Waals surface area contributed by atoms with Crippen LogP contribution in [0.25, 0.3) is 0 Å². The van der Waals surface area contributed by atoms with Gasteiger partial charge in [-0.15, -0.1) is 0 Å². The van der Waals surface area contributed by atoms with Crippen molar-refractivity contribution in [1.29, 1.82) is 0 Å². The second kappa shape index (κ2) is 9.55. The molecule has 0 saturated heterocycles. The fourth-order valence-electron chi connectivity index (χ4n) is 0.596. The topological polar surface area (TPSA) is 184 Å². The van der Waals surface area contributed by atoms with Gasteiger partial charge in [0, 0.05) is 12.4 Å². The first-order chi connectivity index (χ1) is 8.41. The zero-order chi connectivity index (χ0) is 15.2. The Kier molecular flexibility index (Phi) is 10.9. The van der Waals surface area contributed by atoms with Crippen LogP contribution in [0.5, 0.6) is 0 Å². The molecule has 0 aromatic carbocycles. The number of pyridine rings is 1. The Morgan fingerprint density at radius 3 is 1.25 bits per heavy atom. The van der Waals surface area contributed by atoms with Crippen LogP contribution in [0.1, 0.15) is 0 Å². The van der Waals surface area contributed by atoms with Crippen LogP contribution in [0.2, 0.25) is 0 Å². The average molecular weight is 361 g/mol. The normalized spacial score (nSPS) is 11.8. The van der Waals surface area contributed by atoms with Gasteiger partial charge in [0.15, 0.2) is 0 Å². The summed E-state index contributed by atoms with van der Waals surface area (Å²) < 4.78 is 36.4. The number of hydrogen-bond donors (Lipinski definition) is 5. The van der Waals surface area contributed by atoms with Gasteiger partial charge in [0.1, 0.15) is 0 Å². The summed E-state index contributed by atoms with van der Waals surface area (Å²) in [6.45, 7) is 0. The summed E-state index contributed by atoms with van der Waals surface area (Å²) in [5.74, 6) is 0. The zero-order valence-electron chi connectivity index (χ0n) is 8.95. The van der Waals surface area contributed by atoms with Crippen LogP contribution in [0, 0.1) is 0 Å². The first kappa shape index (κ1) is 22.8. The summed E-state index contributed by atoms with van der Waals surface area (Å²) in [6, 6.07) is 5.72. The van der Waals surface area contributed by atoms with Gasteiger partial charge in [-0.2, -0.15) is 8.62 Å². The van der Waals surface area contributed by atoms with Gasteiger partial charge < -0.3 is 24.5 Å². The first-order valence-corrected chi connectivity index (χ1v) is 8.68. The Morgan fingerprint density at radius 2 is 1.10 bits per heavy atom. The molecule has 0 aliphatic carbocycles. The standard InChI is InChI=1S/C5H5N.Na.H5O10P3.H/c1-2-4-6-5-3-1;;1-11(2,3)9-13(7,8)10-12(4,5)6;/h1-5H;;(H,7,8)(H2,1,2,3)(H2,4,5,6);. The van der Waals surface area contributed by atoms with Gasteiger partial charge in [0.2, 0.25) is 0 Å². The van der Waals surface area contributed by atoms with Crippen molar-refractivity contribution in [3.05, 3.63) is 30.6 Å². The molecule has 0 radical (unpaired) electrons. The molecule has 20 heavy (non-hydrogen) atoms. The summed E-state index contributed by atoms with van der Waals surface area (Å²) >= 11 is 0. The summed E-state index contributed by atoms with van der Waals surface area (Å²) in [5.41, 5.74) is 0. The van der Waals surface area contributed by atoms with E-state index in [1.807, 2.05) is 18.2 Å². The van der Waals surface area contributed by atoms with E-state index < -0.39 is 23.5 Å². The molecule has 0 fully saturated rings. The molecule has 0 spiro atoms. The third-order valence-electron chi connectivity index (χ3n) is 0.986. The number of rotatable bonds is 4. The predicted octanol–water partition coefficient (Wildman–Crippen LogP) is -0.262. The molecule has 0 unspecified atom stereocenters. The van der Waals surface area contributed by atoms with Crippen LogP contribution < -0.4 is 0 Å². The van der Waals surface area contributed by atoms with Crippen molar-refractivity contribution < 1.29 is 46.8 Å². The fraction of sp³-hybridized carbons (Fsp3) is 0. The molecule has 1 rings (SSSR count). The molecular weight excluding hydrogens is 350 g/mol. The van der Waals surface area contributed by atoms with Gasteiger partial charge in [-0.3, -0.25) is 4.98 Å². The number of hydrogen-bond acceptors (Lipinski definition) is 6. The largest absolute Gasteiger partial charge is 0.265 e. The second-order valence-corrected chi connectivity index (χ2v) is 6.84. The first-order valence-electron chi connectivity index (χ1n) is 4.13. The molecular formula is C5H11NNaO10P3. The van der Waals surface area contributed by atoms with Crippen molar-refractivity contribution in [3.8, 4) is 0 Å². The third-order valence-corrected chi connectivity index (χ3v) is 4.34. The van der Waals surface area contributed by atoms with Crippen LogP contribution in [0.3, 0.4) is 0 Å². The van der Waals surface area contributed by atoms with Gasteiger partial charge in [0.05, 0.1) is 0 Å². The Balaban J connectivity index is 0. The van der Waals surface area contributed by atoms with E-state index in [0.29, 0.717) is 0 Å². The van der Waals surface area contributed by atoms with E-state index in [1.165, 1.54) is 0 Å². The second-order valence-electron chi connectivity index (χ2n) is 2.64. The molecule has 5 N–H and O–H groups in total. The van der Waals surface area contributed by atoms with Crippen LogP contribution in [-0.4, -0.2) is 59.0 Å². The fourth-order valence-corrected chi connectivity index (χ4v) is 3.13. The van der Waals surface area contributed by atoms with Crippen molar-refractivity contribution in [1.82, 2.24) is 4.98 Å². The van der Waals surface area contributed by atoms with Gasteiger partial charge in [-0.05, 0) is 12.1 Å². The summed E-state index contributed by atoms with van der Waals surface area (Å²) in [6.07, 6.45) is 3.50. The minimum atomic E-state index is -5.46. The van der Waals surface area contributed by atoms with Crippen LogP contribution in [0.4, 0.5) is 0 Å². The van der Waals surface area contributed by atoms with E-state index in [9.17, 15) is 13.7 Å². The predicted molar refractivity (Wildman–Crippen MR) is 67.5 cm³/mol.